The number of carbonyl (C=O) groups is 1. The summed E-state index contributed by atoms with van der Waals surface area (Å²) in [6, 6.07) is 9.98. The van der Waals surface area contributed by atoms with Crippen LogP contribution in [0, 0.1) is 0 Å². The van der Waals surface area contributed by atoms with Crippen molar-refractivity contribution in [2.45, 2.75) is 19.9 Å². The van der Waals surface area contributed by atoms with Crippen molar-refractivity contribution in [2.24, 2.45) is 0 Å². The largest absolute Gasteiger partial charge is 0.338 e. The summed E-state index contributed by atoms with van der Waals surface area (Å²) in [5.41, 5.74) is 2.99. The third-order valence-corrected chi connectivity index (χ3v) is 2.73. The van der Waals surface area contributed by atoms with E-state index in [9.17, 15) is 4.79 Å². The fourth-order valence-corrected chi connectivity index (χ4v) is 1.88. The van der Waals surface area contributed by atoms with Crippen molar-refractivity contribution in [3.05, 3.63) is 48.2 Å². The number of nitrogens with zero attached hydrogens (tertiary/aromatic N) is 1. The first-order chi connectivity index (χ1) is 7.72. The highest BCUT2D eigenvalue weighted by atomic mass is 16.1. The smallest absolute Gasteiger partial charge is 0.166 e. The second kappa shape index (κ2) is 4.35. The molecule has 2 aromatic rings. The Labute approximate surface area is 95.2 Å². The molecule has 82 valence electrons. The highest BCUT2D eigenvalue weighted by Crippen LogP contribution is 2.19. The summed E-state index contributed by atoms with van der Waals surface area (Å²) in [7, 11) is 0. The van der Waals surface area contributed by atoms with Crippen molar-refractivity contribution in [3.8, 4) is 0 Å². The Morgan fingerprint density at radius 3 is 2.88 bits per heavy atom. The first-order valence-electron chi connectivity index (χ1n) is 5.40. The number of hydrogen-bond acceptors (Lipinski definition) is 1. The van der Waals surface area contributed by atoms with Crippen molar-refractivity contribution >= 4 is 17.2 Å². The van der Waals surface area contributed by atoms with Gasteiger partial charge in [-0.25, -0.2) is 0 Å². The van der Waals surface area contributed by atoms with Gasteiger partial charge in [-0.05, 0) is 25.5 Å². The summed E-state index contributed by atoms with van der Waals surface area (Å²) >= 11 is 0. The molecule has 0 N–H and O–H groups in total. The van der Waals surface area contributed by atoms with Gasteiger partial charge in [0.05, 0.1) is 5.69 Å². The zero-order chi connectivity index (χ0) is 11.5. The van der Waals surface area contributed by atoms with Crippen LogP contribution < -0.4 is 0 Å². The Morgan fingerprint density at radius 2 is 2.19 bits per heavy atom. The fraction of sp³-hybridized carbons (Fsp3) is 0.214. The van der Waals surface area contributed by atoms with Gasteiger partial charge >= 0.3 is 0 Å². The van der Waals surface area contributed by atoms with Crippen LogP contribution in [-0.2, 0) is 6.54 Å². The normalized spacial score (nSPS) is 10.6. The van der Waals surface area contributed by atoms with Crippen LogP contribution >= 0.6 is 0 Å². The molecule has 0 radical (unpaired) electrons. The number of carbonyl (C=O) groups excluding carboxylic acids is 1. The average molecular weight is 213 g/mol. The molecule has 1 heterocycles. The van der Waals surface area contributed by atoms with Crippen molar-refractivity contribution < 1.29 is 4.79 Å². The lowest BCUT2D eigenvalue weighted by molar-refractivity contribution is 0.111. The summed E-state index contributed by atoms with van der Waals surface area (Å²) in [6.07, 6.45) is 1.82. The van der Waals surface area contributed by atoms with Gasteiger partial charge in [0, 0.05) is 17.4 Å². The van der Waals surface area contributed by atoms with E-state index in [1.54, 1.807) is 0 Å². The van der Waals surface area contributed by atoms with Crippen LogP contribution in [0.25, 0.3) is 10.9 Å². The first kappa shape index (κ1) is 10.7. The van der Waals surface area contributed by atoms with E-state index >= 15 is 0 Å². The van der Waals surface area contributed by atoms with E-state index in [0.717, 1.165) is 41.4 Å². The zero-order valence-electron chi connectivity index (χ0n) is 9.44. The van der Waals surface area contributed by atoms with Gasteiger partial charge in [0.15, 0.2) is 6.29 Å². The molecule has 0 bridgehead atoms. The van der Waals surface area contributed by atoms with Gasteiger partial charge in [-0.1, -0.05) is 23.8 Å². The number of allylic oxidation sites excluding steroid dienone is 1. The molecule has 0 atom stereocenters. The van der Waals surface area contributed by atoms with Gasteiger partial charge < -0.3 is 4.57 Å². The number of benzene rings is 1. The zero-order valence-corrected chi connectivity index (χ0v) is 9.44. The van der Waals surface area contributed by atoms with Crippen LogP contribution in [0.1, 0.15) is 23.8 Å². The molecule has 0 aliphatic rings. The summed E-state index contributed by atoms with van der Waals surface area (Å²) in [5, 5.41) is 1.12. The maximum Gasteiger partial charge on any atom is 0.166 e. The molecule has 0 aliphatic heterocycles. The lowest BCUT2D eigenvalue weighted by Gasteiger charge is -2.07. The van der Waals surface area contributed by atoms with Crippen LogP contribution in [0.2, 0.25) is 0 Å². The number of aryl methyl sites for hydroxylation is 1. The molecule has 2 nitrogen and oxygen atoms in total. The maximum atomic E-state index is 11.0. The molecule has 2 rings (SSSR count). The summed E-state index contributed by atoms with van der Waals surface area (Å²) < 4.78 is 2.05. The van der Waals surface area contributed by atoms with Gasteiger partial charge in [-0.15, -0.1) is 6.58 Å². The van der Waals surface area contributed by atoms with Gasteiger partial charge in [0.1, 0.15) is 0 Å². The predicted molar refractivity (Wildman–Crippen MR) is 66.8 cm³/mol. The van der Waals surface area contributed by atoms with Gasteiger partial charge in [-0.2, -0.15) is 0 Å². The van der Waals surface area contributed by atoms with E-state index in [1.807, 2.05) is 37.3 Å². The van der Waals surface area contributed by atoms with Gasteiger partial charge in [0.25, 0.3) is 0 Å². The van der Waals surface area contributed by atoms with Crippen LogP contribution in [-0.4, -0.2) is 10.9 Å². The number of aldehydes is 1. The molecule has 1 aromatic carbocycles. The van der Waals surface area contributed by atoms with E-state index in [4.69, 9.17) is 0 Å². The second-order valence-corrected chi connectivity index (χ2v) is 4.10. The summed E-state index contributed by atoms with van der Waals surface area (Å²) in [4.78, 5) is 11.0. The monoisotopic (exact) mass is 213 g/mol. The quantitative estimate of drug-likeness (QED) is 0.563. The average Bonchev–Trinajstić information content (AvgIpc) is 2.64. The standard InChI is InChI=1S/C14H15NO/c1-11(2)7-8-15-13(10-16)9-12-5-3-4-6-14(12)15/h3-6,9-10H,1,7-8H2,2H3. The molecule has 1 aromatic heterocycles. The van der Waals surface area contributed by atoms with Crippen LogP contribution in [0.15, 0.2) is 42.5 Å². The lowest BCUT2D eigenvalue weighted by atomic mass is 10.2. The maximum absolute atomic E-state index is 11.0. The second-order valence-electron chi connectivity index (χ2n) is 4.10. The van der Waals surface area contributed by atoms with E-state index in [1.165, 1.54) is 0 Å². The Morgan fingerprint density at radius 1 is 1.44 bits per heavy atom. The molecule has 0 spiro atoms. The topological polar surface area (TPSA) is 22.0 Å². The molecule has 0 saturated carbocycles. The summed E-state index contributed by atoms with van der Waals surface area (Å²) in [5.74, 6) is 0. The SMILES string of the molecule is C=C(C)CCn1c(C=O)cc2ccccc21. The molecule has 0 unspecified atom stereocenters. The number of para-hydroxylation sites is 1. The fourth-order valence-electron chi connectivity index (χ4n) is 1.88. The molecular weight excluding hydrogens is 198 g/mol. The number of rotatable bonds is 4. The minimum atomic E-state index is 0.738. The minimum absolute atomic E-state index is 0.738. The van der Waals surface area contributed by atoms with Crippen LogP contribution in [0.5, 0.6) is 0 Å². The van der Waals surface area contributed by atoms with E-state index in [2.05, 4.69) is 11.1 Å². The number of hydrogen-bond donors (Lipinski definition) is 0. The summed E-state index contributed by atoms with van der Waals surface area (Å²) in [6.45, 7) is 6.71. The molecule has 16 heavy (non-hydrogen) atoms. The highest BCUT2D eigenvalue weighted by molar-refractivity contribution is 5.88. The molecular formula is C14H15NO. The Hall–Kier alpha value is -1.83. The van der Waals surface area contributed by atoms with Crippen molar-refractivity contribution in [3.63, 3.8) is 0 Å². The van der Waals surface area contributed by atoms with E-state index in [-0.39, 0.29) is 0 Å². The highest BCUT2D eigenvalue weighted by Gasteiger charge is 2.06. The van der Waals surface area contributed by atoms with Crippen LogP contribution in [0.3, 0.4) is 0 Å². The number of fused-ring (bicyclic) bond motifs is 1. The molecule has 0 aliphatic carbocycles. The Bertz CT molecular complexity index is 537. The Balaban J connectivity index is 2.47. The molecule has 2 heteroatoms. The lowest BCUT2D eigenvalue weighted by Crippen LogP contribution is -2.02. The number of aromatic nitrogens is 1. The first-order valence-corrected chi connectivity index (χ1v) is 5.40. The van der Waals surface area contributed by atoms with Crippen molar-refractivity contribution in [2.75, 3.05) is 0 Å². The third kappa shape index (κ3) is 1.91. The van der Waals surface area contributed by atoms with Gasteiger partial charge in [-0.3, -0.25) is 4.79 Å². The van der Waals surface area contributed by atoms with E-state index < -0.39 is 0 Å². The molecule has 0 amide bonds. The predicted octanol–water partition coefficient (Wildman–Crippen LogP) is 3.42. The minimum Gasteiger partial charge on any atom is -0.338 e. The Kier molecular flexibility index (Phi) is 2.91. The van der Waals surface area contributed by atoms with Crippen LogP contribution in [0.4, 0.5) is 0 Å². The third-order valence-electron chi connectivity index (χ3n) is 2.73. The van der Waals surface area contributed by atoms with E-state index in [0.29, 0.717) is 0 Å². The molecule has 0 fully saturated rings. The van der Waals surface area contributed by atoms with Crippen molar-refractivity contribution in [1.82, 2.24) is 4.57 Å². The molecule has 0 saturated heterocycles. The van der Waals surface area contributed by atoms with Gasteiger partial charge in [0.2, 0.25) is 0 Å². The van der Waals surface area contributed by atoms with Crippen molar-refractivity contribution in [1.29, 1.82) is 0 Å².